The lowest BCUT2D eigenvalue weighted by molar-refractivity contribution is -0.117. The van der Waals surface area contributed by atoms with Crippen LogP contribution in [0.3, 0.4) is 0 Å². The summed E-state index contributed by atoms with van der Waals surface area (Å²) >= 11 is 0. The zero-order chi connectivity index (χ0) is 15.6. The van der Waals surface area contributed by atoms with Gasteiger partial charge in [-0.15, -0.1) is 0 Å². The highest BCUT2D eigenvalue weighted by atomic mass is 16.3. The van der Waals surface area contributed by atoms with Gasteiger partial charge in [-0.25, -0.2) is 0 Å². The molecular weight excluding hydrogens is 262 g/mol. The molecule has 0 aliphatic heterocycles. The number of hydrogen-bond donors (Lipinski definition) is 2. The first kappa shape index (κ1) is 15.8. The lowest BCUT2D eigenvalue weighted by atomic mass is 9.60. The van der Waals surface area contributed by atoms with E-state index >= 15 is 0 Å². The Balaban J connectivity index is 2.66. The molecule has 2 rings (SSSR count). The monoisotopic (exact) mass is 287 g/mol. The standard InChI is InChI=1S/C18H25NO2/c1-5-18(17-12(2)7-6-8-16(17)21)11-14(20)9-10-15(18)13(3)19-4/h6-10,13,15,19,21H,5,11H2,1-4H3. The largest absolute Gasteiger partial charge is 0.508 e. The quantitative estimate of drug-likeness (QED) is 0.894. The fourth-order valence-corrected chi connectivity index (χ4v) is 3.80. The normalized spacial score (nSPS) is 26.9. The van der Waals surface area contributed by atoms with Gasteiger partial charge in [0.05, 0.1) is 0 Å². The second-order valence-corrected chi connectivity index (χ2v) is 6.08. The molecule has 1 aromatic carbocycles. The lowest BCUT2D eigenvalue weighted by Gasteiger charge is -2.44. The van der Waals surface area contributed by atoms with Gasteiger partial charge in [-0.05, 0) is 45.0 Å². The van der Waals surface area contributed by atoms with E-state index in [-0.39, 0.29) is 23.2 Å². The Morgan fingerprint density at radius 2 is 2.19 bits per heavy atom. The van der Waals surface area contributed by atoms with Crippen LogP contribution in [0.5, 0.6) is 5.75 Å². The van der Waals surface area contributed by atoms with E-state index in [0.717, 1.165) is 17.5 Å². The van der Waals surface area contributed by atoms with Crippen molar-refractivity contribution in [3.05, 3.63) is 41.5 Å². The van der Waals surface area contributed by atoms with Crippen molar-refractivity contribution in [2.75, 3.05) is 7.05 Å². The maximum atomic E-state index is 12.1. The third-order valence-corrected chi connectivity index (χ3v) is 4.99. The SMILES string of the molecule is CCC1(c2c(C)cccc2O)CC(=O)C=CC1C(C)NC. The molecule has 0 saturated carbocycles. The molecule has 3 nitrogen and oxygen atoms in total. The Kier molecular flexibility index (Phi) is 4.52. The number of allylic oxidation sites excluding steroid dienone is 1. The van der Waals surface area contributed by atoms with Crippen molar-refractivity contribution in [1.82, 2.24) is 5.32 Å². The molecule has 1 aliphatic rings. The van der Waals surface area contributed by atoms with Crippen LogP contribution in [0.25, 0.3) is 0 Å². The van der Waals surface area contributed by atoms with Gasteiger partial charge in [0.15, 0.2) is 5.78 Å². The van der Waals surface area contributed by atoms with Crippen LogP contribution in [0.15, 0.2) is 30.4 Å². The van der Waals surface area contributed by atoms with Crippen LogP contribution in [0.1, 0.15) is 37.8 Å². The van der Waals surface area contributed by atoms with Crippen molar-refractivity contribution in [2.24, 2.45) is 5.92 Å². The minimum absolute atomic E-state index is 0.138. The Morgan fingerprint density at radius 1 is 1.48 bits per heavy atom. The molecule has 1 aromatic rings. The van der Waals surface area contributed by atoms with E-state index in [1.165, 1.54) is 0 Å². The summed E-state index contributed by atoms with van der Waals surface area (Å²) in [6.45, 7) is 6.24. The first-order chi connectivity index (χ1) is 9.96. The highest BCUT2D eigenvalue weighted by Crippen LogP contribution is 2.48. The molecule has 0 bridgehead atoms. The van der Waals surface area contributed by atoms with E-state index in [2.05, 4.69) is 19.2 Å². The van der Waals surface area contributed by atoms with Gasteiger partial charge in [0.25, 0.3) is 0 Å². The zero-order valence-corrected chi connectivity index (χ0v) is 13.3. The summed E-state index contributed by atoms with van der Waals surface area (Å²) in [5.74, 6) is 0.615. The Morgan fingerprint density at radius 3 is 2.76 bits per heavy atom. The number of aromatic hydroxyl groups is 1. The number of carbonyl (C=O) groups is 1. The summed E-state index contributed by atoms with van der Waals surface area (Å²) in [5.41, 5.74) is 1.63. The number of ketones is 1. The molecule has 3 atom stereocenters. The summed E-state index contributed by atoms with van der Waals surface area (Å²) in [7, 11) is 1.94. The smallest absolute Gasteiger partial charge is 0.156 e. The molecule has 21 heavy (non-hydrogen) atoms. The van der Waals surface area contributed by atoms with E-state index in [1.54, 1.807) is 12.1 Å². The second kappa shape index (κ2) is 6.02. The van der Waals surface area contributed by atoms with Crippen LogP contribution in [-0.2, 0) is 10.2 Å². The van der Waals surface area contributed by atoms with Crippen molar-refractivity contribution >= 4 is 5.78 Å². The maximum absolute atomic E-state index is 12.1. The van der Waals surface area contributed by atoms with Crippen molar-refractivity contribution < 1.29 is 9.90 Å². The number of aryl methyl sites for hydroxylation is 1. The predicted octanol–water partition coefficient (Wildman–Crippen LogP) is 3.10. The maximum Gasteiger partial charge on any atom is 0.156 e. The van der Waals surface area contributed by atoms with Gasteiger partial charge >= 0.3 is 0 Å². The molecule has 0 aromatic heterocycles. The Hall–Kier alpha value is -1.61. The number of phenolic OH excluding ortho intramolecular Hbond substituents is 1. The van der Waals surface area contributed by atoms with Crippen LogP contribution in [0.4, 0.5) is 0 Å². The Bertz CT molecular complexity index is 544. The van der Waals surface area contributed by atoms with E-state index < -0.39 is 0 Å². The third kappa shape index (κ3) is 2.62. The van der Waals surface area contributed by atoms with Gasteiger partial charge in [-0.2, -0.15) is 0 Å². The second-order valence-electron chi connectivity index (χ2n) is 6.08. The molecule has 0 fully saturated rings. The van der Waals surface area contributed by atoms with E-state index in [0.29, 0.717) is 12.2 Å². The van der Waals surface area contributed by atoms with Gasteiger partial charge < -0.3 is 10.4 Å². The van der Waals surface area contributed by atoms with Crippen LogP contribution >= 0.6 is 0 Å². The number of phenols is 1. The molecule has 0 spiro atoms. The zero-order valence-electron chi connectivity index (χ0n) is 13.3. The number of rotatable bonds is 4. The predicted molar refractivity (Wildman–Crippen MR) is 85.6 cm³/mol. The van der Waals surface area contributed by atoms with Crippen LogP contribution in [0, 0.1) is 12.8 Å². The average molecular weight is 287 g/mol. The molecule has 0 saturated heterocycles. The number of hydrogen-bond acceptors (Lipinski definition) is 3. The van der Waals surface area contributed by atoms with E-state index in [9.17, 15) is 9.90 Å². The number of carbonyl (C=O) groups excluding carboxylic acids is 1. The minimum atomic E-state index is -0.344. The molecule has 3 unspecified atom stereocenters. The number of benzene rings is 1. The van der Waals surface area contributed by atoms with Crippen LogP contribution < -0.4 is 5.32 Å². The van der Waals surface area contributed by atoms with E-state index in [1.807, 2.05) is 32.2 Å². The Labute approximate surface area is 127 Å². The molecule has 2 N–H and O–H groups in total. The van der Waals surface area contributed by atoms with Gasteiger partial charge in [-0.1, -0.05) is 25.1 Å². The first-order valence-corrected chi connectivity index (χ1v) is 7.63. The summed E-state index contributed by atoms with van der Waals surface area (Å²) in [5, 5.41) is 13.7. The van der Waals surface area contributed by atoms with Gasteiger partial charge in [-0.3, -0.25) is 4.79 Å². The topological polar surface area (TPSA) is 49.3 Å². The molecule has 114 valence electrons. The molecular formula is C18H25NO2. The molecule has 3 heteroatoms. The van der Waals surface area contributed by atoms with Gasteiger partial charge in [0.2, 0.25) is 0 Å². The molecule has 0 heterocycles. The van der Waals surface area contributed by atoms with Crippen molar-refractivity contribution in [1.29, 1.82) is 0 Å². The summed E-state index contributed by atoms with van der Waals surface area (Å²) in [4.78, 5) is 12.1. The van der Waals surface area contributed by atoms with Gasteiger partial charge in [0, 0.05) is 29.4 Å². The molecule has 0 amide bonds. The first-order valence-electron chi connectivity index (χ1n) is 7.63. The summed E-state index contributed by atoms with van der Waals surface area (Å²) in [6.07, 6.45) is 4.98. The van der Waals surface area contributed by atoms with Crippen molar-refractivity contribution in [2.45, 2.75) is 45.1 Å². The fourth-order valence-electron chi connectivity index (χ4n) is 3.80. The molecule has 1 aliphatic carbocycles. The van der Waals surface area contributed by atoms with Crippen molar-refractivity contribution in [3.8, 4) is 5.75 Å². The van der Waals surface area contributed by atoms with Crippen LogP contribution in [-0.4, -0.2) is 24.0 Å². The number of nitrogens with one attached hydrogen (secondary N) is 1. The van der Waals surface area contributed by atoms with Gasteiger partial charge in [0.1, 0.15) is 5.75 Å². The molecule has 0 radical (unpaired) electrons. The highest BCUT2D eigenvalue weighted by Gasteiger charge is 2.45. The third-order valence-electron chi connectivity index (χ3n) is 4.99. The highest BCUT2D eigenvalue weighted by molar-refractivity contribution is 5.92. The lowest BCUT2D eigenvalue weighted by Crippen LogP contribution is -2.47. The minimum Gasteiger partial charge on any atom is -0.508 e. The fraction of sp³-hybridized carbons (Fsp3) is 0.500. The van der Waals surface area contributed by atoms with E-state index in [4.69, 9.17) is 0 Å². The average Bonchev–Trinajstić information content (AvgIpc) is 2.46. The summed E-state index contributed by atoms with van der Waals surface area (Å²) < 4.78 is 0. The van der Waals surface area contributed by atoms with Crippen molar-refractivity contribution in [3.63, 3.8) is 0 Å². The summed E-state index contributed by atoms with van der Waals surface area (Å²) in [6, 6.07) is 5.82. The van der Waals surface area contributed by atoms with Crippen LogP contribution in [0.2, 0.25) is 0 Å².